The van der Waals surface area contributed by atoms with Crippen molar-refractivity contribution in [1.82, 2.24) is 0 Å². The van der Waals surface area contributed by atoms with Crippen molar-refractivity contribution in [3.63, 3.8) is 0 Å². The molecule has 0 aliphatic carbocycles. The Kier molecular flexibility index (Phi) is 6.70. The van der Waals surface area contributed by atoms with Gasteiger partial charge in [-0.2, -0.15) is 0 Å². The summed E-state index contributed by atoms with van der Waals surface area (Å²) in [7, 11) is 0. The minimum absolute atomic E-state index is 0.0404. The van der Waals surface area contributed by atoms with Crippen molar-refractivity contribution in [2.24, 2.45) is 5.92 Å². The summed E-state index contributed by atoms with van der Waals surface area (Å²) in [6.45, 7) is 6.69. The molecule has 3 rings (SSSR count). The number of rotatable bonds is 8. The molecule has 0 spiro atoms. The lowest BCUT2D eigenvalue weighted by Crippen LogP contribution is -2.47. The molecule has 0 saturated heterocycles. The monoisotopic (exact) mass is 409 g/mol. The van der Waals surface area contributed by atoms with Crippen LogP contribution in [0.3, 0.4) is 0 Å². The molecule has 30 heavy (non-hydrogen) atoms. The standard InChI is InChI=1S/C25H31NO4/c1-4-16-26(20-8-6-5-7-9-20)23-22(28)17-25(18(2)3,30-24(23)29)15-14-19-10-12-21(27)13-11-19/h5-13,18,27-28H,4,14-17H2,1-3H3/t25-/m0/s1. The average Bonchev–Trinajstić information content (AvgIpc) is 2.73. The van der Waals surface area contributed by atoms with E-state index in [4.69, 9.17) is 4.74 Å². The number of hydrogen-bond acceptors (Lipinski definition) is 5. The quantitative estimate of drug-likeness (QED) is 0.575. The number of nitrogens with zero attached hydrogens (tertiary/aromatic N) is 1. The number of hydrogen-bond donors (Lipinski definition) is 2. The van der Waals surface area contributed by atoms with E-state index >= 15 is 0 Å². The van der Waals surface area contributed by atoms with Crippen LogP contribution in [0.1, 0.15) is 45.6 Å². The van der Waals surface area contributed by atoms with Gasteiger partial charge < -0.3 is 19.8 Å². The summed E-state index contributed by atoms with van der Waals surface area (Å²) < 4.78 is 6.06. The van der Waals surface area contributed by atoms with E-state index in [1.165, 1.54) is 0 Å². The number of ether oxygens (including phenoxy) is 1. The van der Waals surface area contributed by atoms with E-state index in [2.05, 4.69) is 0 Å². The first-order chi connectivity index (χ1) is 14.4. The van der Waals surface area contributed by atoms with Crippen molar-refractivity contribution in [2.45, 2.75) is 52.1 Å². The van der Waals surface area contributed by atoms with Gasteiger partial charge in [-0.25, -0.2) is 4.79 Å². The van der Waals surface area contributed by atoms with Gasteiger partial charge in [0.25, 0.3) is 0 Å². The Morgan fingerprint density at radius 3 is 2.30 bits per heavy atom. The minimum atomic E-state index is -0.767. The molecular weight excluding hydrogens is 378 g/mol. The highest BCUT2D eigenvalue weighted by Crippen LogP contribution is 2.40. The van der Waals surface area contributed by atoms with Crippen LogP contribution in [0.15, 0.2) is 66.1 Å². The first-order valence-corrected chi connectivity index (χ1v) is 10.6. The Labute approximate surface area is 178 Å². The van der Waals surface area contributed by atoms with Gasteiger partial charge in [0.15, 0.2) is 5.70 Å². The molecule has 2 aromatic carbocycles. The largest absolute Gasteiger partial charge is 0.510 e. The van der Waals surface area contributed by atoms with E-state index in [9.17, 15) is 15.0 Å². The topological polar surface area (TPSA) is 70.0 Å². The minimum Gasteiger partial charge on any atom is -0.510 e. The summed E-state index contributed by atoms with van der Waals surface area (Å²) in [4.78, 5) is 15.0. The third-order valence-corrected chi connectivity index (χ3v) is 5.84. The summed E-state index contributed by atoms with van der Waals surface area (Å²) in [6, 6.07) is 16.7. The summed E-state index contributed by atoms with van der Waals surface area (Å²) in [5.74, 6) is -0.124. The molecule has 0 unspecified atom stereocenters. The number of aryl methyl sites for hydroxylation is 1. The molecule has 2 aromatic rings. The molecule has 0 aromatic heterocycles. The number of aliphatic hydroxyl groups is 1. The molecule has 0 amide bonds. The van der Waals surface area contributed by atoms with Crippen molar-refractivity contribution in [2.75, 3.05) is 11.4 Å². The van der Waals surface area contributed by atoms with Gasteiger partial charge in [0.1, 0.15) is 17.1 Å². The highest BCUT2D eigenvalue weighted by atomic mass is 16.6. The predicted molar refractivity (Wildman–Crippen MR) is 118 cm³/mol. The van der Waals surface area contributed by atoms with E-state index in [1.54, 1.807) is 12.1 Å². The van der Waals surface area contributed by atoms with Crippen LogP contribution in [0.4, 0.5) is 5.69 Å². The smallest absolute Gasteiger partial charge is 0.359 e. The van der Waals surface area contributed by atoms with Gasteiger partial charge in [0.05, 0.1) is 0 Å². The van der Waals surface area contributed by atoms with Gasteiger partial charge in [0, 0.05) is 18.7 Å². The van der Waals surface area contributed by atoms with E-state index in [1.807, 2.05) is 68.1 Å². The lowest BCUT2D eigenvalue weighted by atomic mass is 9.79. The predicted octanol–water partition coefficient (Wildman–Crippen LogP) is 5.35. The van der Waals surface area contributed by atoms with Gasteiger partial charge in [-0.3, -0.25) is 0 Å². The Hall–Kier alpha value is -2.95. The maximum Gasteiger partial charge on any atom is 0.359 e. The van der Waals surface area contributed by atoms with Crippen LogP contribution in [-0.4, -0.2) is 28.3 Å². The second-order valence-corrected chi connectivity index (χ2v) is 8.23. The highest BCUT2D eigenvalue weighted by molar-refractivity contribution is 5.94. The maximum atomic E-state index is 13.2. The molecule has 0 fully saturated rings. The molecule has 0 radical (unpaired) electrons. The van der Waals surface area contributed by atoms with E-state index in [0.29, 0.717) is 19.4 Å². The fraction of sp³-hybridized carbons (Fsp3) is 0.400. The van der Waals surface area contributed by atoms with Crippen LogP contribution in [0, 0.1) is 5.92 Å². The number of para-hydroxylation sites is 1. The van der Waals surface area contributed by atoms with E-state index in [0.717, 1.165) is 17.7 Å². The third kappa shape index (κ3) is 4.61. The molecule has 5 nitrogen and oxygen atoms in total. The number of cyclic esters (lactones) is 1. The Morgan fingerprint density at radius 2 is 1.73 bits per heavy atom. The van der Waals surface area contributed by atoms with Crippen LogP contribution in [0.25, 0.3) is 0 Å². The first-order valence-electron chi connectivity index (χ1n) is 10.6. The zero-order valence-corrected chi connectivity index (χ0v) is 18.0. The summed E-state index contributed by atoms with van der Waals surface area (Å²) >= 11 is 0. The van der Waals surface area contributed by atoms with Crippen molar-refractivity contribution in [1.29, 1.82) is 0 Å². The Balaban J connectivity index is 1.88. The molecule has 5 heteroatoms. The number of phenols is 1. The molecule has 0 bridgehead atoms. The first kappa shape index (κ1) is 21.8. The number of anilines is 1. The van der Waals surface area contributed by atoms with Crippen molar-refractivity contribution in [3.05, 3.63) is 71.6 Å². The van der Waals surface area contributed by atoms with Crippen LogP contribution in [0.5, 0.6) is 5.75 Å². The number of carbonyl (C=O) groups is 1. The zero-order valence-electron chi connectivity index (χ0n) is 18.0. The van der Waals surface area contributed by atoms with Gasteiger partial charge in [-0.1, -0.05) is 51.1 Å². The SMILES string of the molecule is CCCN(C1=C(O)C[C@@](CCc2ccc(O)cc2)(C(C)C)OC1=O)c1ccccc1. The Morgan fingerprint density at radius 1 is 1.07 bits per heavy atom. The lowest BCUT2D eigenvalue weighted by Gasteiger charge is -2.42. The average molecular weight is 410 g/mol. The molecule has 1 heterocycles. The number of benzene rings is 2. The number of aromatic hydroxyl groups is 1. The van der Waals surface area contributed by atoms with Crippen LogP contribution < -0.4 is 4.90 Å². The second kappa shape index (κ2) is 9.24. The van der Waals surface area contributed by atoms with Gasteiger partial charge in [0.2, 0.25) is 0 Å². The maximum absolute atomic E-state index is 13.2. The zero-order chi connectivity index (χ0) is 21.7. The van der Waals surface area contributed by atoms with Crippen LogP contribution >= 0.6 is 0 Å². The molecule has 1 aliphatic rings. The molecule has 1 atom stereocenters. The van der Waals surface area contributed by atoms with Crippen molar-refractivity contribution >= 4 is 11.7 Å². The molecular formula is C25H31NO4. The third-order valence-electron chi connectivity index (χ3n) is 5.84. The molecule has 0 saturated carbocycles. The van der Waals surface area contributed by atoms with Crippen LogP contribution in [0.2, 0.25) is 0 Å². The number of phenolic OH excluding ortho intramolecular Hbond substituents is 1. The fourth-order valence-corrected chi connectivity index (χ4v) is 3.99. The van der Waals surface area contributed by atoms with Gasteiger partial charge in [-0.05, 0) is 55.0 Å². The number of esters is 1. The van der Waals surface area contributed by atoms with Gasteiger partial charge >= 0.3 is 5.97 Å². The van der Waals surface area contributed by atoms with Crippen LogP contribution in [-0.2, 0) is 16.0 Å². The van der Waals surface area contributed by atoms with Gasteiger partial charge in [-0.15, -0.1) is 0 Å². The number of carbonyl (C=O) groups excluding carboxylic acids is 1. The molecule has 2 N–H and O–H groups in total. The van der Waals surface area contributed by atoms with E-state index < -0.39 is 11.6 Å². The van der Waals surface area contributed by atoms with Crippen molar-refractivity contribution in [3.8, 4) is 5.75 Å². The normalized spacial score (nSPS) is 19.1. The summed E-state index contributed by atoms with van der Waals surface area (Å²) in [5.41, 5.74) is 1.38. The fourth-order valence-electron chi connectivity index (χ4n) is 3.99. The molecule has 1 aliphatic heterocycles. The summed E-state index contributed by atoms with van der Waals surface area (Å²) in [5, 5.41) is 20.5. The highest BCUT2D eigenvalue weighted by Gasteiger charge is 2.45. The second-order valence-electron chi connectivity index (χ2n) is 8.23. The molecule has 160 valence electrons. The lowest BCUT2D eigenvalue weighted by molar-refractivity contribution is -0.166. The number of aliphatic hydroxyl groups excluding tert-OH is 1. The van der Waals surface area contributed by atoms with E-state index in [-0.39, 0.29) is 29.5 Å². The Bertz CT molecular complexity index is 889. The van der Waals surface area contributed by atoms with Crippen molar-refractivity contribution < 1.29 is 19.7 Å². The summed E-state index contributed by atoms with van der Waals surface area (Å²) in [6.07, 6.45) is 2.40.